The van der Waals surface area contributed by atoms with E-state index in [0.29, 0.717) is 0 Å². The highest BCUT2D eigenvalue weighted by atomic mass is 79.9. The Morgan fingerprint density at radius 1 is 1.26 bits per heavy atom. The lowest BCUT2D eigenvalue weighted by Crippen LogP contribution is -2.38. The second kappa shape index (κ2) is 8.10. The van der Waals surface area contributed by atoms with Gasteiger partial charge in [-0.2, -0.15) is 0 Å². The molecular formula is C15H21BrN2S. The molecule has 1 aromatic carbocycles. The Bertz CT molecular complexity index is 434. The number of nitrogens with one attached hydrogen (secondary N) is 1. The Morgan fingerprint density at radius 2 is 2.11 bits per heavy atom. The van der Waals surface area contributed by atoms with Gasteiger partial charge in [0.05, 0.1) is 6.04 Å². The first-order chi connectivity index (χ1) is 9.31. The highest BCUT2D eigenvalue weighted by Crippen LogP contribution is 2.29. The summed E-state index contributed by atoms with van der Waals surface area (Å²) in [4.78, 5) is 1.27. The van der Waals surface area contributed by atoms with Gasteiger partial charge in [0, 0.05) is 15.1 Å². The molecule has 1 atom stereocenters. The van der Waals surface area contributed by atoms with Gasteiger partial charge in [-0.25, -0.2) is 0 Å². The number of hydrogen-bond acceptors (Lipinski definition) is 3. The molecule has 2 nitrogen and oxygen atoms in total. The normalized spacial score (nSPS) is 17.7. The standard InChI is InChI=1S/C15H21BrN2S/c16-13-9-5-6-10-15(13)19-11-14(18-17)12-7-3-1-2-4-8-12/h5-7,9-10,14,18H,1-4,8,11,17H2. The number of nitrogens with two attached hydrogens (primary N) is 1. The summed E-state index contributed by atoms with van der Waals surface area (Å²) in [6.45, 7) is 0. The molecule has 1 aliphatic carbocycles. The van der Waals surface area contributed by atoms with Crippen molar-refractivity contribution < 1.29 is 0 Å². The van der Waals surface area contributed by atoms with Crippen LogP contribution in [0.2, 0.25) is 0 Å². The van der Waals surface area contributed by atoms with Gasteiger partial charge in [0.2, 0.25) is 0 Å². The number of hydrogen-bond donors (Lipinski definition) is 2. The van der Waals surface area contributed by atoms with E-state index in [0.717, 1.165) is 10.2 Å². The zero-order valence-electron chi connectivity index (χ0n) is 11.1. The van der Waals surface area contributed by atoms with E-state index in [2.05, 4.69) is 45.6 Å². The molecule has 0 radical (unpaired) electrons. The topological polar surface area (TPSA) is 38.0 Å². The lowest BCUT2D eigenvalue weighted by Gasteiger charge is -2.19. The van der Waals surface area contributed by atoms with Crippen LogP contribution in [0.25, 0.3) is 0 Å². The average Bonchev–Trinajstić information content (AvgIpc) is 2.71. The first kappa shape index (κ1) is 15.1. The molecule has 0 heterocycles. The number of allylic oxidation sites excluding steroid dienone is 1. The van der Waals surface area contributed by atoms with Crippen LogP contribution >= 0.6 is 27.7 Å². The van der Waals surface area contributed by atoms with Crippen LogP contribution in [0.15, 0.2) is 45.3 Å². The minimum Gasteiger partial charge on any atom is -0.271 e. The van der Waals surface area contributed by atoms with Crippen LogP contribution in [0, 0.1) is 0 Å². The maximum Gasteiger partial charge on any atom is 0.0513 e. The largest absolute Gasteiger partial charge is 0.271 e. The quantitative estimate of drug-likeness (QED) is 0.364. The highest BCUT2D eigenvalue weighted by Gasteiger charge is 2.15. The van der Waals surface area contributed by atoms with Crippen molar-refractivity contribution in [2.45, 2.75) is 43.0 Å². The molecular weight excluding hydrogens is 320 g/mol. The van der Waals surface area contributed by atoms with E-state index in [1.54, 1.807) is 0 Å². The number of hydrazine groups is 1. The molecule has 0 bridgehead atoms. The van der Waals surface area contributed by atoms with Crippen molar-refractivity contribution in [3.8, 4) is 0 Å². The van der Waals surface area contributed by atoms with E-state index in [4.69, 9.17) is 5.84 Å². The predicted molar refractivity (Wildman–Crippen MR) is 87.1 cm³/mol. The molecule has 4 heteroatoms. The number of thioether (sulfide) groups is 1. The van der Waals surface area contributed by atoms with Crippen LogP contribution in [0.5, 0.6) is 0 Å². The third kappa shape index (κ3) is 4.63. The molecule has 104 valence electrons. The monoisotopic (exact) mass is 340 g/mol. The molecule has 0 aromatic heterocycles. The Kier molecular flexibility index (Phi) is 6.44. The van der Waals surface area contributed by atoms with Crippen molar-refractivity contribution in [3.05, 3.63) is 40.4 Å². The van der Waals surface area contributed by atoms with Crippen molar-refractivity contribution in [2.75, 3.05) is 5.75 Å². The molecule has 19 heavy (non-hydrogen) atoms. The summed E-state index contributed by atoms with van der Waals surface area (Å²) in [6.07, 6.45) is 8.73. The van der Waals surface area contributed by atoms with E-state index in [9.17, 15) is 0 Å². The number of benzene rings is 1. The van der Waals surface area contributed by atoms with Gasteiger partial charge in [0.1, 0.15) is 0 Å². The van der Waals surface area contributed by atoms with Crippen LogP contribution in [-0.4, -0.2) is 11.8 Å². The smallest absolute Gasteiger partial charge is 0.0513 e. The molecule has 3 N–H and O–H groups in total. The molecule has 0 aliphatic heterocycles. The SMILES string of the molecule is NNC(CSc1ccccc1Br)C1=CCCCCC1. The van der Waals surface area contributed by atoms with Crippen LogP contribution < -0.4 is 11.3 Å². The second-order valence-corrected chi connectivity index (χ2v) is 6.76. The Hall–Kier alpha value is -0.290. The first-order valence-electron chi connectivity index (χ1n) is 6.83. The summed E-state index contributed by atoms with van der Waals surface area (Å²) in [5.41, 5.74) is 4.47. The minimum atomic E-state index is 0.287. The highest BCUT2D eigenvalue weighted by molar-refractivity contribution is 9.10. The molecule has 0 spiro atoms. The summed E-state index contributed by atoms with van der Waals surface area (Å²) in [5, 5.41) is 0. The number of halogens is 1. The molecule has 1 aliphatic rings. The van der Waals surface area contributed by atoms with E-state index in [-0.39, 0.29) is 6.04 Å². The van der Waals surface area contributed by atoms with E-state index in [1.807, 2.05) is 17.8 Å². The summed E-state index contributed by atoms with van der Waals surface area (Å²) < 4.78 is 1.16. The predicted octanol–water partition coefficient (Wildman–Crippen LogP) is 4.26. The Morgan fingerprint density at radius 3 is 2.89 bits per heavy atom. The van der Waals surface area contributed by atoms with Gasteiger partial charge in [-0.15, -0.1) is 11.8 Å². The Labute approximate surface area is 128 Å². The van der Waals surface area contributed by atoms with Gasteiger partial charge < -0.3 is 0 Å². The molecule has 1 unspecified atom stereocenters. The molecule has 0 amide bonds. The fourth-order valence-electron chi connectivity index (χ4n) is 2.35. The van der Waals surface area contributed by atoms with Gasteiger partial charge in [-0.3, -0.25) is 11.3 Å². The zero-order valence-corrected chi connectivity index (χ0v) is 13.5. The van der Waals surface area contributed by atoms with Crippen LogP contribution in [0.1, 0.15) is 32.1 Å². The molecule has 1 aromatic rings. The van der Waals surface area contributed by atoms with Gasteiger partial charge in [-0.05, 0) is 53.7 Å². The minimum absolute atomic E-state index is 0.287. The number of rotatable bonds is 5. The van der Waals surface area contributed by atoms with Crippen LogP contribution in [0.4, 0.5) is 0 Å². The fourth-order valence-corrected chi connectivity index (χ4v) is 4.02. The van der Waals surface area contributed by atoms with Crippen molar-refractivity contribution >= 4 is 27.7 Å². The fraction of sp³-hybridized carbons (Fsp3) is 0.467. The summed E-state index contributed by atoms with van der Waals surface area (Å²) in [5.74, 6) is 6.72. The summed E-state index contributed by atoms with van der Waals surface area (Å²) >= 11 is 5.44. The zero-order chi connectivity index (χ0) is 13.5. The van der Waals surface area contributed by atoms with Crippen molar-refractivity contribution in [1.82, 2.24) is 5.43 Å². The van der Waals surface area contributed by atoms with E-state index < -0.39 is 0 Å². The van der Waals surface area contributed by atoms with Gasteiger partial charge in [-0.1, -0.05) is 30.2 Å². The van der Waals surface area contributed by atoms with Crippen LogP contribution in [0.3, 0.4) is 0 Å². The lowest BCUT2D eigenvalue weighted by atomic mass is 10.0. The first-order valence-corrected chi connectivity index (χ1v) is 8.61. The third-order valence-electron chi connectivity index (χ3n) is 3.47. The summed E-state index contributed by atoms with van der Waals surface area (Å²) in [7, 11) is 0. The van der Waals surface area contributed by atoms with Crippen LogP contribution in [-0.2, 0) is 0 Å². The Balaban J connectivity index is 1.95. The lowest BCUT2D eigenvalue weighted by molar-refractivity contribution is 0.611. The second-order valence-electron chi connectivity index (χ2n) is 4.84. The maximum absolute atomic E-state index is 5.74. The van der Waals surface area contributed by atoms with Gasteiger partial charge in [0.25, 0.3) is 0 Å². The maximum atomic E-state index is 5.74. The third-order valence-corrected chi connectivity index (χ3v) is 5.59. The van der Waals surface area contributed by atoms with Crippen molar-refractivity contribution in [1.29, 1.82) is 0 Å². The van der Waals surface area contributed by atoms with E-state index >= 15 is 0 Å². The molecule has 0 saturated carbocycles. The van der Waals surface area contributed by atoms with Crippen molar-refractivity contribution in [3.63, 3.8) is 0 Å². The molecule has 0 fully saturated rings. The molecule has 2 rings (SSSR count). The molecule has 0 saturated heterocycles. The van der Waals surface area contributed by atoms with Gasteiger partial charge in [0.15, 0.2) is 0 Å². The average molecular weight is 341 g/mol. The van der Waals surface area contributed by atoms with Gasteiger partial charge >= 0.3 is 0 Å². The van der Waals surface area contributed by atoms with Crippen molar-refractivity contribution in [2.24, 2.45) is 5.84 Å². The summed E-state index contributed by atoms with van der Waals surface area (Å²) in [6, 6.07) is 8.63. The van der Waals surface area contributed by atoms with E-state index in [1.165, 1.54) is 42.6 Å².